The molecule has 0 amide bonds. The normalized spacial score (nSPS) is 22.1. The highest BCUT2D eigenvalue weighted by molar-refractivity contribution is 5.80. The molecule has 0 saturated carbocycles. The topological polar surface area (TPSA) is 67.4 Å². The van der Waals surface area contributed by atoms with Crippen molar-refractivity contribution >= 4 is 11.6 Å². The molecule has 3 aliphatic rings. The SMILES string of the molecule is CN=C(NCC1(c2ccc3c(c2)OCO3)CCOCC1)NC1CCN(c2ccccc2)C1. The minimum Gasteiger partial charge on any atom is -0.454 e. The zero-order valence-corrected chi connectivity index (χ0v) is 18.7. The highest BCUT2D eigenvalue weighted by Crippen LogP contribution is 2.40. The van der Waals surface area contributed by atoms with E-state index in [0.29, 0.717) is 12.8 Å². The van der Waals surface area contributed by atoms with Crippen molar-refractivity contribution in [2.24, 2.45) is 4.99 Å². The maximum Gasteiger partial charge on any atom is 0.231 e. The van der Waals surface area contributed by atoms with Crippen LogP contribution in [0, 0.1) is 0 Å². The molecular formula is C25H32N4O3. The molecule has 0 spiro atoms. The molecule has 2 aromatic carbocycles. The molecule has 0 radical (unpaired) electrons. The molecule has 0 aromatic heterocycles. The van der Waals surface area contributed by atoms with E-state index in [1.54, 1.807) is 0 Å². The van der Waals surface area contributed by atoms with Gasteiger partial charge in [-0.15, -0.1) is 0 Å². The number of anilines is 1. The van der Waals surface area contributed by atoms with Crippen molar-refractivity contribution < 1.29 is 14.2 Å². The first-order valence-electron chi connectivity index (χ1n) is 11.5. The van der Waals surface area contributed by atoms with Crippen LogP contribution in [0.5, 0.6) is 11.5 Å². The molecule has 0 bridgehead atoms. The molecule has 5 rings (SSSR count). The molecule has 2 saturated heterocycles. The number of nitrogens with one attached hydrogen (secondary N) is 2. The van der Waals surface area contributed by atoms with Gasteiger partial charge in [0, 0.05) is 57.0 Å². The Morgan fingerprint density at radius 2 is 1.91 bits per heavy atom. The lowest BCUT2D eigenvalue weighted by Crippen LogP contribution is -2.50. The van der Waals surface area contributed by atoms with Gasteiger partial charge in [0.2, 0.25) is 6.79 Å². The first-order chi connectivity index (χ1) is 15.8. The number of rotatable bonds is 5. The summed E-state index contributed by atoms with van der Waals surface area (Å²) in [5, 5.41) is 7.26. The third-order valence-corrected chi connectivity index (χ3v) is 6.90. The van der Waals surface area contributed by atoms with Crippen LogP contribution in [0.25, 0.3) is 0 Å². The summed E-state index contributed by atoms with van der Waals surface area (Å²) < 4.78 is 16.8. The molecule has 7 nitrogen and oxygen atoms in total. The fourth-order valence-corrected chi connectivity index (χ4v) is 4.95. The van der Waals surface area contributed by atoms with Crippen molar-refractivity contribution in [2.75, 3.05) is 51.6 Å². The monoisotopic (exact) mass is 436 g/mol. The van der Waals surface area contributed by atoms with Crippen LogP contribution in [0.15, 0.2) is 53.5 Å². The number of hydrogen-bond donors (Lipinski definition) is 2. The fourth-order valence-electron chi connectivity index (χ4n) is 4.95. The summed E-state index contributed by atoms with van der Waals surface area (Å²) in [5.74, 6) is 2.52. The third kappa shape index (κ3) is 4.35. The Bertz CT molecular complexity index is 943. The first-order valence-corrected chi connectivity index (χ1v) is 11.5. The summed E-state index contributed by atoms with van der Waals surface area (Å²) >= 11 is 0. The second-order valence-electron chi connectivity index (χ2n) is 8.80. The predicted octanol–water partition coefficient (Wildman–Crippen LogP) is 2.91. The molecule has 170 valence electrons. The Hall–Kier alpha value is -2.93. The van der Waals surface area contributed by atoms with Crippen molar-refractivity contribution in [1.29, 1.82) is 0 Å². The maximum atomic E-state index is 5.70. The molecule has 3 heterocycles. The third-order valence-electron chi connectivity index (χ3n) is 6.90. The smallest absolute Gasteiger partial charge is 0.231 e. The van der Waals surface area contributed by atoms with E-state index in [4.69, 9.17) is 14.2 Å². The standard InChI is InChI=1S/C25H32N4O3/c1-26-24(28-20-9-12-29(16-20)21-5-3-2-4-6-21)27-17-25(10-13-30-14-11-25)19-7-8-22-23(15-19)32-18-31-22/h2-8,15,20H,9-14,16-18H2,1H3,(H2,26,27,28). The summed E-state index contributed by atoms with van der Waals surface area (Å²) in [6, 6.07) is 17.3. The van der Waals surface area contributed by atoms with E-state index in [2.05, 4.69) is 63.0 Å². The number of ether oxygens (including phenoxy) is 3. The summed E-state index contributed by atoms with van der Waals surface area (Å²) in [7, 11) is 1.84. The van der Waals surface area contributed by atoms with Crippen molar-refractivity contribution in [3.05, 3.63) is 54.1 Å². The quantitative estimate of drug-likeness (QED) is 0.555. The van der Waals surface area contributed by atoms with E-state index in [0.717, 1.165) is 69.6 Å². The van der Waals surface area contributed by atoms with Crippen LogP contribution in [0.3, 0.4) is 0 Å². The van der Waals surface area contributed by atoms with Gasteiger partial charge in [0.25, 0.3) is 0 Å². The van der Waals surface area contributed by atoms with Crippen LogP contribution in [0.2, 0.25) is 0 Å². The van der Waals surface area contributed by atoms with Gasteiger partial charge in [-0.2, -0.15) is 0 Å². The summed E-state index contributed by atoms with van der Waals surface area (Å²) in [4.78, 5) is 6.94. The Kier molecular flexibility index (Phi) is 6.08. The average molecular weight is 437 g/mol. The average Bonchev–Trinajstić information content (AvgIpc) is 3.52. The molecule has 2 aromatic rings. The van der Waals surface area contributed by atoms with Crippen LogP contribution in [-0.4, -0.2) is 58.7 Å². The molecule has 2 N–H and O–H groups in total. The van der Waals surface area contributed by atoms with Gasteiger partial charge in [-0.25, -0.2) is 0 Å². The highest BCUT2D eigenvalue weighted by atomic mass is 16.7. The molecule has 0 aliphatic carbocycles. The molecule has 1 atom stereocenters. The van der Waals surface area contributed by atoms with Gasteiger partial charge in [0.05, 0.1) is 0 Å². The summed E-state index contributed by atoms with van der Waals surface area (Å²) in [5.41, 5.74) is 2.52. The van der Waals surface area contributed by atoms with Crippen molar-refractivity contribution in [2.45, 2.75) is 30.7 Å². The van der Waals surface area contributed by atoms with Crippen molar-refractivity contribution in [1.82, 2.24) is 10.6 Å². The van der Waals surface area contributed by atoms with Gasteiger partial charge < -0.3 is 29.7 Å². The lowest BCUT2D eigenvalue weighted by molar-refractivity contribution is 0.0513. The van der Waals surface area contributed by atoms with Gasteiger partial charge in [-0.1, -0.05) is 24.3 Å². The maximum absolute atomic E-state index is 5.70. The Morgan fingerprint density at radius 3 is 2.72 bits per heavy atom. The van der Waals surface area contributed by atoms with Crippen molar-refractivity contribution in [3.8, 4) is 11.5 Å². The number of benzene rings is 2. The minimum atomic E-state index is -0.0252. The number of nitrogens with zero attached hydrogens (tertiary/aromatic N) is 2. The number of aliphatic imine (C=N–C) groups is 1. The van der Waals surface area contributed by atoms with E-state index >= 15 is 0 Å². The fraction of sp³-hybridized carbons (Fsp3) is 0.480. The molecule has 1 unspecified atom stereocenters. The number of para-hydroxylation sites is 1. The van der Waals surface area contributed by atoms with E-state index < -0.39 is 0 Å². The van der Waals surface area contributed by atoms with Crippen LogP contribution in [0.4, 0.5) is 5.69 Å². The minimum absolute atomic E-state index is 0.0252. The van der Waals surface area contributed by atoms with E-state index in [-0.39, 0.29) is 5.41 Å². The van der Waals surface area contributed by atoms with Gasteiger partial charge in [0.1, 0.15) is 0 Å². The molecule has 7 heteroatoms. The first kappa shape index (κ1) is 20.9. The molecule has 32 heavy (non-hydrogen) atoms. The summed E-state index contributed by atoms with van der Waals surface area (Å²) in [6.07, 6.45) is 3.01. The Morgan fingerprint density at radius 1 is 1.09 bits per heavy atom. The van der Waals surface area contributed by atoms with Crippen LogP contribution >= 0.6 is 0 Å². The van der Waals surface area contributed by atoms with Crippen molar-refractivity contribution in [3.63, 3.8) is 0 Å². The van der Waals surface area contributed by atoms with E-state index in [1.165, 1.54) is 11.3 Å². The second-order valence-corrected chi connectivity index (χ2v) is 8.80. The number of hydrogen-bond acceptors (Lipinski definition) is 5. The van der Waals surface area contributed by atoms with Gasteiger partial charge in [-0.05, 0) is 49.1 Å². The van der Waals surface area contributed by atoms with Gasteiger partial charge in [0.15, 0.2) is 17.5 Å². The summed E-state index contributed by atoms with van der Waals surface area (Å²) in [6.45, 7) is 4.65. The van der Waals surface area contributed by atoms with Crippen LogP contribution in [0.1, 0.15) is 24.8 Å². The highest BCUT2D eigenvalue weighted by Gasteiger charge is 2.36. The lowest BCUT2D eigenvalue weighted by atomic mass is 9.74. The van der Waals surface area contributed by atoms with E-state index in [9.17, 15) is 0 Å². The predicted molar refractivity (Wildman–Crippen MR) is 126 cm³/mol. The van der Waals surface area contributed by atoms with Gasteiger partial charge >= 0.3 is 0 Å². The largest absolute Gasteiger partial charge is 0.454 e. The zero-order chi connectivity index (χ0) is 21.8. The Labute approximate surface area is 189 Å². The van der Waals surface area contributed by atoms with Gasteiger partial charge in [-0.3, -0.25) is 4.99 Å². The lowest BCUT2D eigenvalue weighted by Gasteiger charge is -2.38. The second kappa shape index (κ2) is 9.28. The van der Waals surface area contributed by atoms with Crippen LogP contribution < -0.4 is 25.0 Å². The molecule has 3 aliphatic heterocycles. The molecular weight excluding hydrogens is 404 g/mol. The van der Waals surface area contributed by atoms with Crippen LogP contribution in [-0.2, 0) is 10.2 Å². The number of guanidine groups is 1. The zero-order valence-electron chi connectivity index (χ0n) is 18.7. The van der Waals surface area contributed by atoms with E-state index in [1.807, 2.05) is 13.1 Å². The number of fused-ring (bicyclic) bond motifs is 1. The Balaban J connectivity index is 1.24. The molecule has 2 fully saturated rings.